The number of aryl methyl sites for hydroxylation is 1. The molecule has 0 bridgehead atoms. The third-order valence-corrected chi connectivity index (χ3v) is 10.2. The zero-order valence-electron chi connectivity index (χ0n) is 25.3. The lowest BCUT2D eigenvalue weighted by Gasteiger charge is -2.34. The Morgan fingerprint density at radius 2 is 1.47 bits per heavy atom. The van der Waals surface area contributed by atoms with Gasteiger partial charge in [-0.05, 0) is 61.2 Å². The van der Waals surface area contributed by atoms with Crippen LogP contribution in [0, 0.1) is 6.92 Å². The van der Waals surface area contributed by atoms with Crippen molar-refractivity contribution in [3.63, 3.8) is 0 Å². The molecule has 0 radical (unpaired) electrons. The topological polar surface area (TPSA) is 86.8 Å². The van der Waals surface area contributed by atoms with E-state index < -0.39 is 28.5 Å². The van der Waals surface area contributed by atoms with E-state index in [0.29, 0.717) is 5.02 Å². The monoisotopic (exact) mass is 643 g/mol. The Hall–Kier alpha value is -4.14. The molecule has 1 saturated carbocycles. The van der Waals surface area contributed by atoms with Crippen LogP contribution in [-0.2, 0) is 32.6 Å². The molecule has 1 unspecified atom stereocenters. The summed E-state index contributed by atoms with van der Waals surface area (Å²) in [5.74, 6) is -0.747. The summed E-state index contributed by atoms with van der Waals surface area (Å²) in [6.07, 6.45) is 4.17. The van der Waals surface area contributed by atoms with Gasteiger partial charge in [0.2, 0.25) is 11.8 Å². The van der Waals surface area contributed by atoms with Crippen molar-refractivity contribution in [1.29, 1.82) is 0 Å². The molecule has 0 heterocycles. The Morgan fingerprint density at radius 3 is 2.09 bits per heavy atom. The molecule has 7 nitrogen and oxygen atoms in total. The van der Waals surface area contributed by atoms with Gasteiger partial charge in [0.1, 0.15) is 12.6 Å². The first-order valence-electron chi connectivity index (χ1n) is 15.2. The van der Waals surface area contributed by atoms with Crippen molar-refractivity contribution in [3.05, 3.63) is 131 Å². The van der Waals surface area contributed by atoms with Crippen molar-refractivity contribution in [1.82, 2.24) is 10.2 Å². The average molecular weight is 644 g/mol. The van der Waals surface area contributed by atoms with Crippen molar-refractivity contribution < 1.29 is 18.0 Å². The van der Waals surface area contributed by atoms with Gasteiger partial charge in [-0.15, -0.1) is 0 Å². The standard InChI is InChI=1S/C36H38ClN3O4S/c1-27-19-21-33(22-20-27)45(43,44)40(32-18-10-15-30(37)24-32)26-35(41)39(25-29-13-6-3-7-14-29)34(23-28-11-4-2-5-12-28)36(42)38-31-16-8-9-17-31/h2-7,10-15,18-22,24,31,34H,8-9,16-17,23,25-26H2,1H3,(H,38,42). The Bertz CT molecular complexity index is 1690. The van der Waals surface area contributed by atoms with E-state index in [0.717, 1.165) is 46.7 Å². The molecular formula is C36H38ClN3O4S. The number of benzene rings is 4. The maximum atomic E-state index is 14.5. The molecule has 1 aliphatic rings. The van der Waals surface area contributed by atoms with Gasteiger partial charge in [-0.2, -0.15) is 0 Å². The first-order valence-corrected chi connectivity index (χ1v) is 17.1. The normalized spacial score (nSPS) is 14.1. The molecule has 45 heavy (non-hydrogen) atoms. The molecule has 1 atom stereocenters. The first-order chi connectivity index (χ1) is 21.7. The third-order valence-electron chi connectivity index (χ3n) is 8.15. The summed E-state index contributed by atoms with van der Waals surface area (Å²) in [5.41, 5.74) is 2.89. The number of amides is 2. The number of hydrogen-bond acceptors (Lipinski definition) is 4. The largest absolute Gasteiger partial charge is 0.352 e. The van der Waals surface area contributed by atoms with Crippen molar-refractivity contribution in [2.24, 2.45) is 0 Å². The highest BCUT2D eigenvalue weighted by Gasteiger charge is 2.35. The van der Waals surface area contributed by atoms with Gasteiger partial charge < -0.3 is 10.2 Å². The van der Waals surface area contributed by atoms with E-state index in [1.54, 1.807) is 30.3 Å². The number of anilines is 1. The Morgan fingerprint density at radius 1 is 0.844 bits per heavy atom. The summed E-state index contributed by atoms with van der Waals surface area (Å²) in [4.78, 5) is 30.1. The van der Waals surface area contributed by atoms with Crippen LogP contribution in [0.25, 0.3) is 0 Å². The van der Waals surface area contributed by atoms with Gasteiger partial charge in [0.25, 0.3) is 10.0 Å². The minimum absolute atomic E-state index is 0.0503. The highest BCUT2D eigenvalue weighted by atomic mass is 35.5. The molecule has 4 aromatic rings. The van der Waals surface area contributed by atoms with Crippen LogP contribution in [0.3, 0.4) is 0 Å². The molecule has 234 valence electrons. The zero-order valence-corrected chi connectivity index (χ0v) is 26.9. The maximum absolute atomic E-state index is 14.5. The highest BCUT2D eigenvalue weighted by Crippen LogP contribution is 2.28. The molecule has 1 fully saturated rings. The van der Waals surface area contributed by atoms with Gasteiger partial charge in [0.05, 0.1) is 10.6 Å². The van der Waals surface area contributed by atoms with E-state index in [9.17, 15) is 18.0 Å². The van der Waals surface area contributed by atoms with Crippen LogP contribution in [0.4, 0.5) is 5.69 Å². The predicted octanol–water partition coefficient (Wildman–Crippen LogP) is 6.54. The number of halogens is 1. The smallest absolute Gasteiger partial charge is 0.264 e. The van der Waals surface area contributed by atoms with Gasteiger partial charge in [0, 0.05) is 24.0 Å². The fourth-order valence-corrected chi connectivity index (χ4v) is 7.29. The second-order valence-corrected chi connectivity index (χ2v) is 13.8. The Balaban J connectivity index is 1.55. The quantitative estimate of drug-likeness (QED) is 0.190. The molecule has 0 aromatic heterocycles. The molecule has 0 saturated heterocycles. The lowest BCUT2D eigenvalue weighted by atomic mass is 10.0. The third kappa shape index (κ3) is 8.32. The SMILES string of the molecule is Cc1ccc(S(=O)(=O)N(CC(=O)N(Cc2ccccc2)C(Cc2ccccc2)C(=O)NC2CCCC2)c2cccc(Cl)c2)cc1. The lowest BCUT2D eigenvalue weighted by molar-refractivity contribution is -0.140. The molecular weight excluding hydrogens is 606 g/mol. The predicted molar refractivity (Wildman–Crippen MR) is 178 cm³/mol. The van der Waals surface area contributed by atoms with Gasteiger partial charge in [-0.3, -0.25) is 13.9 Å². The van der Waals surface area contributed by atoms with Crippen LogP contribution in [0.2, 0.25) is 5.02 Å². The molecule has 4 aromatic carbocycles. The number of carbonyl (C=O) groups is 2. The van der Waals surface area contributed by atoms with Crippen LogP contribution >= 0.6 is 11.6 Å². The summed E-state index contributed by atoms with van der Waals surface area (Å²) in [6.45, 7) is 1.48. The van der Waals surface area contributed by atoms with Gasteiger partial charge in [-0.25, -0.2) is 8.42 Å². The van der Waals surface area contributed by atoms with E-state index in [4.69, 9.17) is 11.6 Å². The number of hydrogen-bond donors (Lipinski definition) is 1. The zero-order chi connectivity index (χ0) is 31.8. The van der Waals surface area contributed by atoms with Gasteiger partial charge in [0.15, 0.2) is 0 Å². The second-order valence-electron chi connectivity index (χ2n) is 11.5. The minimum Gasteiger partial charge on any atom is -0.352 e. The van der Waals surface area contributed by atoms with E-state index in [1.165, 1.54) is 23.1 Å². The van der Waals surface area contributed by atoms with Crippen molar-refractivity contribution >= 4 is 39.1 Å². The number of sulfonamides is 1. The molecule has 0 spiro atoms. The van der Waals surface area contributed by atoms with Gasteiger partial charge in [-0.1, -0.05) is 109 Å². The van der Waals surface area contributed by atoms with Crippen LogP contribution in [0.1, 0.15) is 42.4 Å². The summed E-state index contributed by atoms with van der Waals surface area (Å²) < 4.78 is 29.3. The molecule has 0 aliphatic heterocycles. The molecule has 5 rings (SSSR count). The minimum atomic E-state index is -4.19. The van der Waals surface area contributed by atoms with Crippen LogP contribution < -0.4 is 9.62 Å². The fraction of sp³-hybridized carbons (Fsp3) is 0.278. The molecule has 1 N–H and O–H groups in total. The van der Waals surface area contributed by atoms with Crippen LogP contribution in [0.15, 0.2) is 114 Å². The number of nitrogens with one attached hydrogen (secondary N) is 1. The first kappa shape index (κ1) is 32.3. The number of rotatable bonds is 12. The highest BCUT2D eigenvalue weighted by molar-refractivity contribution is 7.92. The van der Waals surface area contributed by atoms with E-state index in [2.05, 4.69) is 5.32 Å². The fourth-order valence-electron chi connectivity index (χ4n) is 5.70. The Kier molecular flexibility index (Phi) is 10.6. The molecule has 2 amide bonds. The van der Waals surface area contributed by atoms with Crippen molar-refractivity contribution in [3.8, 4) is 0 Å². The van der Waals surface area contributed by atoms with E-state index in [1.807, 2.05) is 67.6 Å². The second kappa shape index (κ2) is 14.8. The van der Waals surface area contributed by atoms with E-state index in [-0.39, 0.29) is 35.5 Å². The van der Waals surface area contributed by atoms with Crippen LogP contribution in [0.5, 0.6) is 0 Å². The molecule has 9 heteroatoms. The maximum Gasteiger partial charge on any atom is 0.264 e. The number of carbonyl (C=O) groups excluding carboxylic acids is 2. The summed E-state index contributed by atoms with van der Waals surface area (Å²) in [6, 6.07) is 31.1. The Labute approximate surface area is 270 Å². The molecule has 1 aliphatic carbocycles. The summed E-state index contributed by atoms with van der Waals surface area (Å²) in [5, 5.41) is 3.53. The van der Waals surface area contributed by atoms with Crippen LogP contribution in [-0.4, -0.2) is 43.8 Å². The average Bonchev–Trinajstić information content (AvgIpc) is 3.55. The summed E-state index contributed by atoms with van der Waals surface area (Å²) >= 11 is 6.31. The van der Waals surface area contributed by atoms with Gasteiger partial charge >= 0.3 is 0 Å². The van der Waals surface area contributed by atoms with E-state index >= 15 is 0 Å². The lowest BCUT2D eigenvalue weighted by Crippen LogP contribution is -2.54. The van der Waals surface area contributed by atoms with Crippen molar-refractivity contribution in [2.75, 3.05) is 10.8 Å². The number of nitrogens with zero attached hydrogens (tertiary/aromatic N) is 2. The summed E-state index contributed by atoms with van der Waals surface area (Å²) in [7, 11) is -4.19. The van der Waals surface area contributed by atoms with Crippen molar-refractivity contribution in [2.45, 2.75) is 62.6 Å².